The van der Waals surface area contributed by atoms with Crippen molar-refractivity contribution in [2.75, 3.05) is 13.2 Å². The molecule has 0 radical (unpaired) electrons. The van der Waals surface area contributed by atoms with E-state index in [4.69, 9.17) is 20.7 Å². The van der Waals surface area contributed by atoms with Crippen LogP contribution < -0.4 is 5.30 Å². The minimum Gasteiger partial charge on any atom is -0.353 e. The Morgan fingerprint density at radius 1 is 0.619 bits per heavy atom. The second-order valence-electron chi connectivity index (χ2n) is 12.5. The zero-order valence-electron chi connectivity index (χ0n) is 28.5. The van der Waals surface area contributed by atoms with E-state index in [9.17, 15) is 0 Å². The van der Waals surface area contributed by atoms with Crippen molar-refractivity contribution in [3.05, 3.63) is 40.5 Å². The largest absolute Gasteiger partial charge is 0.353 e. The van der Waals surface area contributed by atoms with Crippen LogP contribution >= 0.6 is 19.2 Å². The van der Waals surface area contributed by atoms with Gasteiger partial charge in [0.05, 0.1) is 0 Å². The number of ether oxygens (including phenoxy) is 2. The molecular weight excluding hydrogens is 555 g/mol. The molecule has 42 heavy (non-hydrogen) atoms. The highest BCUT2D eigenvalue weighted by Crippen LogP contribution is 2.25. The van der Waals surface area contributed by atoms with Gasteiger partial charge >= 0.3 is 0 Å². The Bertz CT molecular complexity index is 774. The number of allylic oxidation sites excluding steroid dienone is 2. The maximum absolute atomic E-state index is 6.23. The molecule has 0 bridgehead atoms. The normalized spacial score (nSPS) is 12.2. The smallest absolute Gasteiger partial charge is 0.157 e. The van der Waals surface area contributed by atoms with Crippen LogP contribution in [0.15, 0.2) is 18.2 Å². The fourth-order valence-electron chi connectivity index (χ4n) is 5.63. The zero-order chi connectivity index (χ0) is 30.7. The highest BCUT2D eigenvalue weighted by molar-refractivity contribution is 7.75. The first-order chi connectivity index (χ1) is 20.5. The Balaban J connectivity index is 2.23. The molecule has 0 spiro atoms. The molecule has 1 aromatic rings. The van der Waals surface area contributed by atoms with Crippen molar-refractivity contribution in [2.45, 2.75) is 182 Å². The lowest BCUT2D eigenvalue weighted by molar-refractivity contribution is -0.148. The quantitative estimate of drug-likeness (QED) is 0.0383. The Morgan fingerprint density at radius 2 is 1.12 bits per heavy atom. The molecule has 4 heteroatoms. The first-order valence-electron chi connectivity index (χ1n) is 17.9. The van der Waals surface area contributed by atoms with Gasteiger partial charge in [0.25, 0.3) is 0 Å². The summed E-state index contributed by atoms with van der Waals surface area (Å²) in [6.45, 7) is 13.0. The number of unbranched alkanes of at least 4 members (excludes halogenated alkanes) is 16. The Kier molecular flexibility index (Phi) is 26.5. The highest BCUT2D eigenvalue weighted by atomic mass is 35.7. The molecule has 0 aliphatic carbocycles. The summed E-state index contributed by atoms with van der Waals surface area (Å²) in [7, 11) is 0.361. The summed E-state index contributed by atoms with van der Waals surface area (Å²) in [4.78, 5) is 0. The number of hydrogen-bond donors (Lipinski definition) is 0. The van der Waals surface area contributed by atoms with Crippen molar-refractivity contribution in [3.8, 4) is 0 Å². The van der Waals surface area contributed by atoms with Crippen LogP contribution in [0.1, 0.15) is 171 Å². The lowest BCUT2D eigenvalue weighted by Crippen LogP contribution is -2.19. The van der Waals surface area contributed by atoms with Gasteiger partial charge < -0.3 is 9.47 Å². The van der Waals surface area contributed by atoms with Crippen molar-refractivity contribution in [1.82, 2.24) is 0 Å². The van der Waals surface area contributed by atoms with E-state index in [-0.39, 0.29) is 6.29 Å². The van der Waals surface area contributed by atoms with Crippen LogP contribution in [0.4, 0.5) is 0 Å². The second kappa shape index (κ2) is 28.1. The summed E-state index contributed by atoms with van der Waals surface area (Å²) < 4.78 is 12.5. The monoisotopic (exact) mass is 622 g/mol. The zero-order valence-corrected chi connectivity index (χ0v) is 30.2. The van der Waals surface area contributed by atoms with Crippen LogP contribution in [0.2, 0.25) is 0 Å². The number of benzene rings is 1. The molecular formula is C38H68ClO2P. The summed E-state index contributed by atoms with van der Waals surface area (Å²) in [5.74, 6) is 0. The van der Waals surface area contributed by atoms with Gasteiger partial charge in [-0.3, -0.25) is 0 Å². The van der Waals surface area contributed by atoms with E-state index in [0.29, 0.717) is 7.93 Å². The Morgan fingerprint density at radius 3 is 1.67 bits per heavy atom. The highest BCUT2D eigenvalue weighted by Gasteiger charge is 2.10. The average Bonchev–Trinajstić information content (AvgIpc) is 3.00. The number of rotatable bonds is 29. The van der Waals surface area contributed by atoms with Crippen LogP contribution in [0.3, 0.4) is 0 Å². The van der Waals surface area contributed by atoms with Gasteiger partial charge in [-0.1, -0.05) is 121 Å². The second-order valence-corrected chi connectivity index (χ2v) is 13.8. The van der Waals surface area contributed by atoms with Crippen LogP contribution in [-0.2, 0) is 15.9 Å². The molecule has 244 valence electrons. The molecule has 2 nitrogen and oxygen atoms in total. The van der Waals surface area contributed by atoms with Crippen LogP contribution in [0.5, 0.6) is 0 Å². The Hall–Kier alpha value is -0.400. The SMILES string of the molecule is CCCCCCCCCOC(CCCCC/C=C/CCCc1cc(PCl)c(C)c(C)c1C)OCCCCCCCCC. The molecule has 0 aliphatic heterocycles. The molecule has 0 aromatic heterocycles. The molecule has 0 N–H and O–H groups in total. The molecule has 0 aliphatic rings. The molecule has 1 rings (SSSR count). The van der Waals surface area contributed by atoms with Gasteiger partial charge in [0.1, 0.15) is 0 Å². The molecule has 1 unspecified atom stereocenters. The van der Waals surface area contributed by atoms with Crippen LogP contribution in [0, 0.1) is 20.8 Å². The maximum Gasteiger partial charge on any atom is 0.157 e. The fourth-order valence-corrected chi connectivity index (χ4v) is 6.78. The van der Waals surface area contributed by atoms with Crippen LogP contribution in [-0.4, -0.2) is 19.5 Å². The van der Waals surface area contributed by atoms with Crippen molar-refractivity contribution < 1.29 is 9.47 Å². The predicted molar refractivity (Wildman–Crippen MR) is 191 cm³/mol. The third kappa shape index (κ3) is 19.8. The molecule has 1 aromatic carbocycles. The number of aryl methyl sites for hydroxylation is 1. The van der Waals surface area contributed by atoms with E-state index in [1.54, 1.807) is 0 Å². The van der Waals surface area contributed by atoms with E-state index in [1.165, 1.54) is 150 Å². The molecule has 0 fully saturated rings. The summed E-state index contributed by atoms with van der Waals surface area (Å²) in [6, 6.07) is 2.34. The molecule has 0 amide bonds. The Labute approximate surface area is 269 Å². The van der Waals surface area contributed by atoms with Crippen molar-refractivity contribution in [1.29, 1.82) is 0 Å². The maximum atomic E-state index is 6.23. The van der Waals surface area contributed by atoms with Crippen molar-refractivity contribution in [2.24, 2.45) is 0 Å². The first-order valence-corrected chi connectivity index (χ1v) is 19.9. The third-order valence-electron chi connectivity index (χ3n) is 8.83. The number of hydrogen-bond acceptors (Lipinski definition) is 2. The fraction of sp³-hybridized carbons (Fsp3) is 0.789. The first kappa shape index (κ1) is 39.6. The van der Waals surface area contributed by atoms with Crippen LogP contribution in [0.25, 0.3) is 0 Å². The van der Waals surface area contributed by atoms with Gasteiger partial charge in [0.15, 0.2) is 6.29 Å². The van der Waals surface area contributed by atoms with Gasteiger partial charge in [-0.2, -0.15) is 0 Å². The van der Waals surface area contributed by atoms with Gasteiger partial charge in [0.2, 0.25) is 0 Å². The minimum absolute atomic E-state index is 0.00514. The average molecular weight is 623 g/mol. The van der Waals surface area contributed by atoms with E-state index < -0.39 is 0 Å². The van der Waals surface area contributed by atoms with E-state index in [1.807, 2.05) is 0 Å². The van der Waals surface area contributed by atoms with Crippen molar-refractivity contribution in [3.63, 3.8) is 0 Å². The summed E-state index contributed by atoms with van der Waals surface area (Å²) in [6.07, 6.45) is 32.8. The number of halogens is 1. The summed E-state index contributed by atoms with van der Waals surface area (Å²) in [5.41, 5.74) is 5.72. The molecule has 0 saturated carbocycles. The molecule has 0 saturated heterocycles. The van der Waals surface area contributed by atoms with Gasteiger partial charge in [-0.25, -0.2) is 0 Å². The van der Waals surface area contributed by atoms with E-state index in [0.717, 1.165) is 32.5 Å². The third-order valence-corrected chi connectivity index (χ3v) is 10.2. The summed E-state index contributed by atoms with van der Waals surface area (Å²) in [5, 5.41) is 1.32. The molecule has 1 atom stereocenters. The standard InChI is InChI=1S/C38H68ClO2P/c1-6-8-10-12-18-22-26-30-40-38(41-31-27-23-19-13-11-9-7-2)29-25-21-17-15-14-16-20-24-28-36-32-37(42-39)35(5)33(3)34(36)4/h14,16,32,38,42H,6-13,15,17-31H2,1-5H3/b16-14+. The van der Waals surface area contributed by atoms with E-state index >= 15 is 0 Å². The lowest BCUT2D eigenvalue weighted by atomic mass is 9.95. The minimum atomic E-state index is -0.00514. The van der Waals surface area contributed by atoms with Gasteiger partial charge in [-0.05, 0) is 112 Å². The van der Waals surface area contributed by atoms with Crippen molar-refractivity contribution >= 4 is 24.5 Å². The van der Waals surface area contributed by atoms with Gasteiger partial charge in [-0.15, -0.1) is 0 Å². The predicted octanol–water partition coefficient (Wildman–Crippen LogP) is 12.8. The summed E-state index contributed by atoms with van der Waals surface area (Å²) >= 11 is 6.21. The topological polar surface area (TPSA) is 18.5 Å². The van der Waals surface area contributed by atoms with E-state index in [2.05, 4.69) is 52.8 Å². The molecule has 0 heterocycles. The van der Waals surface area contributed by atoms with Gasteiger partial charge in [0, 0.05) is 21.1 Å². The lowest BCUT2D eigenvalue weighted by Gasteiger charge is -2.19.